The van der Waals surface area contributed by atoms with E-state index in [9.17, 15) is 9.59 Å². The van der Waals surface area contributed by atoms with Crippen LogP contribution < -0.4 is 5.32 Å². The predicted octanol–water partition coefficient (Wildman–Crippen LogP) is 1.06. The molecule has 1 aromatic heterocycles. The number of carbonyl (C=O) groups is 2. The highest BCUT2D eigenvalue weighted by Gasteiger charge is 2.11. The van der Waals surface area contributed by atoms with Crippen LogP contribution in [0, 0.1) is 0 Å². The molecule has 1 unspecified atom stereocenters. The third-order valence-electron chi connectivity index (χ3n) is 2.07. The van der Waals surface area contributed by atoms with Crippen LogP contribution in [-0.4, -0.2) is 41.2 Å². The maximum atomic E-state index is 11.6. The Morgan fingerprint density at radius 3 is 2.89 bits per heavy atom. The first-order chi connectivity index (χ1) is 8.50. The van der Waals surface area contributed by atoms with Crippen LogP contribution in [0.25, 0.3) is 0 Å². The van der Waals surface area contributed by atoms with Crippen LogP contribution in [0.1, 0.15) is 17.3 Å². The number of carboxylic acids is 1. The molecule has 1 rings (SSSR count). The molecule has 0 aliphatic heterocycles. The first kappa shape index (κ1) is 14.6. The van der Waals surface area contributed by atoms with E-state index in [0.717, 1.165) is 0 Å². The third kappa shape index (κ3) is 4.80. The van der Waals surface area contributed by atoms with E-state index in [4.69, 9.17) is 9.84 Å². The molecule has 0 radical (unpaired) electrons. The molecule has 7 heteroatoms. The van der Waals surface area contributed by atoms with Gasteiger partial charge in [0.2, 0.25) is 0 Å². The number of nitrogens with zero attached hydrogens (tertiary/aromatic N) is 1. The van der Waals surface area contributed by atoms with Gasteiger partial charge in [-0.15, -0.1) is 0 Å². The number of hydrogen-bond donors (Lipinski definition) is 2. The fourth-order valence-electron chi connectivity index (χ4n) is 1.11. The largest absolute Gasteiger partial charge is 0.479 e. The van der Waals surface area contributed by atoms with Crippen molar-refractivity contribution in [2.45, 2.75) is 13.0 Å². The monoisotopic (exact) mass is 316 g/mol. The molecule has 0 fully saturated rings. The lowest BCUT2D eigenvalue weighted by molar-refractivity contribution is -0.148. The summed E-state index contributed by atoms with van der Waals surface area (Å²) in [7, 11) is 0. The Labute approximate surface area is 112 Å². The molecule has 2 N–H and O–H groups in total. The summed E-state index contributed by atoms with van der Waals surface area (Å²) in [5.41, 5.74) is 0.427. The van der Waals surface area contributed by atoms with Gasteiger partial charge in [-0.2, -0.15) is 0 Å². The van der Waals surface area contributed by atoms with Gasteiger partial charge >= 0.3 is 5.97 Å². The summed E-state index contributed by atoms with van der Waals surface area (Å²) in [4.78, 5) is 26.0. The highest BCUT2D eigenvalue weighted by molar-refractivity contribution is 9.10. The molecule has 1 heterocycles. The number of hydrogen-bond acceptors (Lipinski definition) is 4. The molecule has 1 amide bonds. The fraction of sp³-hybridized carbons (Fsp3) is 0.364. The summed E-state index contributed by atoms with van der Waals surface area (Å²) in [6.07, 6.45) is 2.14. The standard InChI is InChI=1S/C11H13BrN2O4/c1-7(11(16)17)18-3-2-14-10(15)8-4-9(12)6-13-5-8/h4-7H,2-3H2,1H3,(H,14,15)(H,16,17). The van der Waals surface area contributed by atoms with E-state index in [-0.39, 0.29) is 19.1 Å². The Morgan fingerprint density at radius 2 is 2.28 bits per heavy atom. The zero-order chi connectivity index (χ0) is 13.5. The first-order valence-electron chi connectivity index (χ1n) is 5.24. The Kier molecular flexibility index (Phi) is 5.73. The maximum Gasteiger partial charge on any atom is 0.332 e. The molecule has 0 spiro atoms. The zero-order valence-electron chi connectivity index (χ0n) is 9.72. The van der Waals surface area contributed by atoms with Gasteiger partial charge in [0, 0.05) is 23.4 Å². The molecule has 0 aliphatic rings. The average molecular weight is 317 g/mol. The smallest absolute Gasteiger partial charge is 0.332 e. The number of amides is 1. The molecule has 0 bridgehead atoms. The molecular weight excluding hydrogens is 304 g/mol. The number of halogens is 1. The third-order valence-corrected chi connectivity index (χ3v) is 2.50. The van der Waals surface area contributed by atoms with Gasteiger partial charge in [-0.3, -0.25) is 9.78 Å². The molecule has 6 nitrogen and oxygen atoms in total. The summed E-state index contributed by atoms with van der Waals surface area (Å²) in [5, 5.41) is 11.2. The summed E-state index contributed by atoms with van der Waals surface area (Å²) >= 11 is 3.21. The molecule has 0 aromatic carbocycles. The van der Waals surface area contributed by atoms with Crippen molar-refractivity contribution >= 4 is 27.8 Å². The van der Waals surface area contributed by atoms with Gasteiger partial charge in [-0.05, 0) is 28.9 Å². The van der Waals surface area contributed by atoms with E-state index in [1.54, 1.807) is 12.3 Å². The number of rotatable bonds is 6. The Balaban J connectivity index is 2.32. The van der Waals surface area contributed by atoms with Crippen molar-refractivity contribution in [3.05, 3.63) is 28.5 Å². The van der Waals surface area contributed by atoms with Crippen molar-refractivity contribution < 1.29 is 19.4 Å². The molecular formula is C11H13BrN2O4. The van der Waals surface area contributed by atoms with Gasteiger partial charge in [0.25, 0.3) is 5.91 Å². The van der Waals surface area contributed by atoms with Gasteiger partial charge in [-0.25, -0.2) is 4.79 Å². The van der Waals surface area contributed by atoms with Crippen LogP contribution in [-0.2, 0) is 9.53 Å². The van der Waals surface area contributed by atoms with Crippen LogP contribution >= 0.6 is 15.9 Å². The number of ether oxygens (including phenoxy) is 1. The van der Waals surface area contributed by atoms with Crippen LogP contribution in [0.5, 0.6) is 0 Å². The maximum absolute atomic E-state index is 11.6. The van der Waals surface area contributed by atoms with Gasteiger partial charge < -0.3 is 15.2 Å². The Morgan fingerprint density at radius 1 is 1.56 bits per heavy atom. The molecule has 0 saturated carbocycles. The van der Waals surface area contributed by atoms with Crippen molar-refractivity contribution in [3.8, 4) is 0 Å². The molecule has 0 saturated heterocycles. The second-order valence-corrected chi connectivity index (χ2v) is 4.41. The zero-order valence-corrected chi connectivity index (χ0v) is 11.3. The van der Waals surface area contributed by atoms with Crippen molar-refractivity contribution in [3.63, 3.8) is 0 Å². The number of pyridine rings is 1. The van der Waals surface area contributed by atoms with Gasteiger partial charge in [0.15, 0.2) is 6.10 Å². The topological polar surface area (TPSA) is 88.5 Å². The van der Waals surface area contributed by atoms with Gasteiger partial charge in [0.1, 0.15) is 0 Å². The van der Waals surface area contributed by atoms with Crippen molar-refractivity contribution in [1.29, 1.82) is 0 Å². The molecule has 0 aliphatic carbocycles. The van der Waals surface area contributed by atoms with E-state index < -0.39 is 12.1 Å². The SMILES string of the molecule is CC(OCCNC(=O)c1cncc(Br)c1)C(=O)O. The van der Waals surface area contributed by atoms with Crippen LogP contribution in [0.3, 0.4) is 0 Å². The number of carboxylic acid groups (broad SMARTS) is 1. The Bertz CT molecular complexity index is 439. The van der Waals surface area contributed by atoms with Crippen LogP contribution in [0.2, 0.25) is 0 Å². The first-order valence-corrected chi connectivity index (χ1v) is 6.03. The summed E-state index contributed by atoms with van der Waals surface area (Å²) in [6, 6.07) is 1.64. The van der Waals surface area contributed by atoms with E-state index in [2.05, 4.69) is 26.2 Å². The Hall–Kier alpha value is -1.47. The molecule has 1 aromatic rings. The molecule has 98 valence electrons. The van der Waals surface area contributed by atoms with Crippen molar-refractivity contribution in [1.82, 2.24) is 10.3 Å². The number of aliphatic carboxylic acids is 1. The highest BCUT2D eigenvalue weighted by atomic mass is 79.9. The van der Waals surface area contributed by atoms with Gasteiger partial charge in [-0.1, -0.05) is 0 Å². The highest BCUT2D eigenvalue weighted by Crippen LogP contribution is 2.09. The lowest BCUT2D eigenvalue weighted by Crippen LogP contribution is -2.30. The van der Waals surface area contributed by atoms with Crippen LogP contribution in [0.4, 0.5) is 0 Å². The average Bonchev–Trinajstić information content (AvgIpc) is 2.33. The van der Waals surface area contributed by atoms with Crippen molar-refractivity contribution in [2.24, 2.45) is 0 Å². The fourth-order valence-corrected chi connectivity index (χ4v) is 1.47. The number of aromatic nitrogens is 1. The van der Waals surface area contributed by atoms with Gasteiger partial charge in [0.05, 0.1) is 12.2 Å². The normalized spacial score (nSPS) is 11.9. The minimum Gasteiger partial charge on any atom is -0.479 e. The van der Waals surface area contributed by atoms with E-state index >= 15 is 0 Å². The minimum atomic E-state index is -1.03. The van der Waals surface area contributed by atoms with E-state index in [1.807, 2.05) is 0 Å². The second kappa shape index (κ2) is 7.07. The summed E-state index contributed by atoms with van der Waals surface area (Å²) < 4.78 is 5.69. The van der Waals surface area contributed by atoms with Crippen LogP contribution in [0.15, 0.2) is 22.9 Å². The number of carbonyl (C=O) groups excluding carboxylic acids is 1. The second-order valence-electron chi connectivity index (χ2n) is 3.50. The van der Waals surface area contributed by atoms with E-state index in [1.165, 1.54) is 13.1 Å². The minimum absolute atomic E-state index is 0.140. The summed E-state index contributed by atoms with van der Waals surface area (Å²) in [6.45, 7) is 1.81. The number of nitrogens with one attached hydrogen (secondary N) is 1. The van der Waals surface area contributed by atoms with Crippen molar-refractivity contribution in [2.75, 3.05) is 13.2 Å². The lowest BCUT2D eigenvalue weighted by Gasteiger charge is -2.09. The lowest BCUT2D eigenvalue weighted by atomic mass is 10.3. The molecule has 1 atom stereocenters. The predicted molar refractivity (Wildman–Crippen MR) is 67.3 cm³/mol. The quantitative estimate of drug-likeness (QED) is 0.766. The van der Waals surface area contributed by atoms with E-state index in [0.29, 0.717) is 10.0 Å². The summed E-state index contributed by atoms with van der Waals surface area (Å²) in [5.74, 6) is -1.31. The molecule has 18 heavy (non-hydrogen) atoms.